The van der Waals surface area contributed by atoms with E-state index >= 15 is 0 Å². The Morgan fingerprint density at radius 2 is 2.36 bits per heavy atom. The first kappa shape index (κ1) is 8.62. The zero-order chi connectivity index (χ0) is 8.27. The van der Waals surface area contributed by atoms with E-state index in [0.717, 1.165) is 0 Å². The van der Waals surface area contributed by atoms with Gasteiger partial charge in [0.2, 0.25) is 0 Å². The van der Waals surface area contributed by atoms with Gasteiger partial charge in [-0.05, 0) is 28.1 Å². The summed E-state index contributed by atoms with van der Waals surface area (Å²) < 4.78 is 17.6. The summed E-state index contributed by atoms with van der Waals surface area (Å²) >= 11 is 2.97. The Kier molecular flexibility index (Phi) is 2.96. The minimum atomic E-state index is -0.357. The predicted molar refractivity (Wildman–Crippen MR) is 42.6 cm³/mol. The van der Waals surface area contributed by atoms with Crippen molar-refractivity contribution in [3.63, 3.8) is 0 Å². The number of aromatic nitrogens is 1. The molecule has 0 aliphatic rings. The molecule has 0 aromatic carbocycles. The first-order chi connectivity index (χ1) is 5.24. The molecule has 11 heavy (non-hydrogen) atoms. The molecule has 4 heteroatoms. The molecule has 1 aromatic rings. The highest BCUT2D eigenvalue weighted by Crippen LogP contribution is 2.12. The van der Waals surface area contributed by atoms with Crippen molar-refractivity contribution < 1.29 is 9.13 Å². The van der Waals surface area contributed by atoms with Crippen LogP contribution in [0.1, 0.15) is 5.69 Å². The Hall–Kier alpha value is -0.480. The van der Waals surface area contributed by atoms with Crippen molar-refractivity contribution in [1.82, 2.24) is 4.98 Å². The van der Waals surface area contributed by atoms with Gasteiger partial charge in [-0.1, -0.05) is 0 Å². The van der Waals surface area contributed by atoms with Gasteiger partial charge in [0, 0.05) is 7.11 Å². The molecule has 60 valence electrons. The molecule has 0 saturated heterocycles. The number of hydrogen-bond acceptors (Lipinski definition) is 2. The minimum Gasteiger partial charge on any atom is -0.378 e. The van der Waals surface area contributed by atoms with E-state index in [4.69, 9.17) is 4.74 Å². The minimum absolute atomic E-state index is 0.229. The van der Waals surface area contributed by atoms with Crippen LogP contribution in [0.4, 0.5) is 4.39 Å². The van der Waals surface area contributed by atoms with Gasteiger partial charge in [-0.2, -0.15) is 0 Å². The van der Waals surface area contributed by atoms with Crippen LogP contribution in [0.5, 0.6) is 0 Å². The van der Waals surface area contributed by atoms with Gasteiger partial charge < -0.3 is 4.74 Å². The zero-order valence-electron chi connectivity index (χ0n) is 5.97. The second-order valence-corrected chi connectivity index (χ2v) is 2.76. The molecule has 1 heterocycles. The van der Waals surface area contributed by atoms with Crippen LogP contribution in [0.2, 0.25) is 0 Å². The number of nitrogens with zero attached hydrogens (tertiary/aromatic N) is 1. The van der Waals surface area contributed by atoms with Gasteiger partial charge in [0.05, 0.1) is 12.3 Å². The van der Waals surface area contributed by atoms with Crippen molar-refractivity contribution in [2.24, 2.45) is 0 Å². The molecule has 1 rings (SSSR count). The van der Waals surface area contributed by atoms with E-state index in [-0.39, 0.29) is 10.4 Å². The molecule has 0 N–H and O–H groups in total. The lowest BCUT2D eigenvalue weighted by molar-refractivity contribution is 0.181. The molecule has 0 aliphatic heterocycles. The van der Waals surface area contributed by atoms with Crippen LogP contribution in [-0.4, -0.2) is 12.1 Å². The quantitative estimate of drug-likeness (QED) is 0.712. The second-order valence-electron chi connectivity index (χ2n) is 2.01. The third-order valence-corrected chi connectivity index (χ3v) is 1.71. The van der Waals surface area contributed by atoms with Gasteiger partial charge in [0.1, 0.15) is 4.60 Å². The number of rotatable bonds is 2. The number of methoxy groups -OCH3 is 1. The average Bonchev–Trinajstić information content (AvgIpc) is 1.98. The van der Waals surface area contributed by atoms with Crippen molar-refractivity contribution in [3.05, 3.63) is 28.2 Å². The molecule has 0 aliphatic carbocycles. The van der Waals surface area contributed by atoms with Crippen molar-refractivity contribution in [1.29, 1.82) is 0 Å². The maximum atomic E-state index is 12.6. The fourth-order valence-corrected chi connectivity index (χ4v) is 1.04. The van der Waals surface area contributed by atoms with Crippen LogP contribution in [0.3, 0.4) is 0 Å². The van der Waals surface area contributed by atoms with Gasteiger partial charge in [-0.25, -0.2) is 9.37 Å². The molecule has 0 atom stereocenters. The summed E-state index contributed by atoms with van der Waals surface area (Å²) in [6.45, 7) is 0.402. The summed E-state index contributed by atoms with van der Waals surface area (Å²) in [7, 11) is 1.57. The lowest BCUT2D eigenvalue weighted by atomic mass is 10.4. The molecule has 2 nitrogen and oxygen atoms in total. The number of halogens is 2. The van der Waals surface area contributed by atoms with Crippen LogP contribution in [0.25, 0.3) is 0 Å². The van der Waals surface area contributed by atoms with Gasteiger partial charge in [0.25, 0.3) is 0 Å². The van der Waals surface area contributed by atoms with E-state index in [2.05, 4.69) is 20.9 Å². The van der Waals surface area contributed by atoms with Crippen molar-refractivity contribution in [2.75, 3.05) is 7.11 Å². The summed E-state index contributed by atoms with van der Waals surface area (Å²) in [4.78, 5) is 3.88. The van der Waals surface area contributed by atoms with Gasteiger partial charge >= 0.3 is 0 Å². The maximum Gasteiger partial charge on any atom is 0.155 e. The molecule has 1 aromatic heterocycles. The third-order valence-electron chi connectivity index (χ3n) is 1.15. The highest BCUT2D eigenvalue weighted by molar-refractivity contribution is 9.10. The van der Waals surface area contributed by atoms with E-state index in [1.54, 1.807) is 13.2 Å². The molecule has 0 spiro atoms. The summed E-state index contributed by atoms with van der Waals surface area (Å²) in [5, 5.41) is 0. The van der Waals surface area contributed by atoms with Crippen LogP contribution in [0, 0.1) is 5.82 Å². The number of ether oxygens (including phenoxy) is 1. The van der Waals surface area contributed by atoms with E-state index < -0.39 is 0 Å². The Morgan fingerprint density at radius 1 is 1.64 bits per heavy atom. The summed E-state index contributed by atoms with van der Waals surface area (Å²) in [5.74, 6) is -0.357. The molecular formula is C7H7BrFNO. The topological polar surface area (TPSA) is 22.1 Å². The second kappa shape index (κ2) is 3.78. The smallest absolute Gasteiger partial charge is 0.155 e. The molecule has 0 radical (unpaired) electrons. The highest BCUT2D eigenvalue weighted by Gasteiger charge is 2.00. The Morgan fingerprint density at radius 3 is 2.91 bits per heavy atom. The maximum absolute atomic E-state index is 12.6. The molecular weight excluding hydrogens is 213 g/mol. The van der Waals surface area contributed by atoms with E-state index in [1.165, 1.54) is 6.07 Å². The Balaban J connectivity index is 2.86. The first-order valence-electron chi connectivity index (χ1n) is 3.04. The monoisotopic (exact) mass is 219 g/mol. The summed E-state index contributed by atoms with van der Waals surface area (Å²) in [6, 6.07) is 2.94. The summed E-state index contributed by atoms with van der Waals surface area (Å²) in [5.41, 5.74) is 0.709. The van der Waals surface area contributed by atoms with E-state index in [9.17, 15) is 4.39 Å². The Bertz CT molecular complexity index is 254. The predicted octanol–water partition coefficient (Wildman–Crippen LogP) is 2.13. The highest BCUT2D eigenvalue weighted by atomic mass is 79.9. The fourth-order valence-electron chi connectivity index (χ4n) is 0.683. The normalized spacial score (nSPS) is 10.1. The van der Waals surface area contributed by atoms with Crippen molar-refractivity contribution in [3.8, 4) is 0 Å². The molecule has 0 fully saturated rings. The summed E-state index contributed by atoms with van der Waals surface area (Å²) in [6.07, 6.45) is 0. The number of pyridine rings is 1. The molecule has 0 unspecified atom stereocenters. The molecule has 0 amide bonds. The van der Waals surface area contributed by atoms with Gasteiger partial charge in [0.15, 0.2) is 5.82 Å². The van der Waals surface area contributed by atoms with E-state index in [1.807, 2.05) is 0 Å². The van der Waals surface area contributed by atoms with Crippen LogP contribution in [-0.2, 0) is 11.3 Å². The molecule has 0 saturated carbocycles. The van der Waals surface area contributed by atoms with Crippen molar-refractivity contribution in [2.45, 2.75) is 6.61 Å². The van der Waals surface area contributed by atoms with Crippen LogP contribution >= 0.6 is 15.9 Å². The molecule has 0 bridgehead atoms. The Labute approximate surface area is 72.5 Å². The lowest BCUT2D eigenvalue weighted by Crippen LogP contribution is -1.93. The zero-order valence-corrected chi connectivity index (χ0v) is 7.56. The van der Waals surface area contributed by atoms with Crippen LogP contribution in [0.15, 0.2) is 16.7 Å². The standard InChI is InChI=1S/C7H7BrFNO/c1-11-4-5-2-3-6(9)7(8)10-5/h2-3H,4H2,1H3. The van der Waals surface area contributed by atoms with Crippen LogP contribution < -0.4 is 0 Å². The largest absolute Gasteiger partial charge is 0.378 e. The van der Waals surface area contributed by atoms with Gasteiger partial charge in [-0.15, -0.1) is 0 Å². The lowest BCUT2D eigenvalue weighted by Gasteiger charge is -1.98. The third kappa shape index (κ3) is 2.24. The number of hydrogen-bond donors (Lipinski definition) is 0. The van der Waals surface area contributed by atoms with Gasteiger partial charge in [-0.3, -0.25) is 0 Å². The fraction of sp³-hybridized carbons (Fsp3) is 0.286. The SMILES string of the molecule is COCc1ccc(F)c(Br)n1. The van der Waals surface area contributed by atoms with Crippen molar-refractivity contribution >= 4 is 15.9 Å². The average molecular weight is 220 g/mol. The first-order valence-corrected chi connectivity index (χ1v) is 3.83. The van der Waals surface area contributed by atoms with E-state index in [0.29, 0.717) is 12.3 Å².